The van der Waals surface area contributed by atoms with E-state index in [-0.39, 0.29) is 11.8 Å². The van der Waals surface area contributed by atoms with Gasteiger partial charge in [0.2, 0.25) is 0 Å². The van der Waals surface area contributed by atoms with Crippen molar-refractivity contribution < 1.29 is 8.42 Å². The second-order valence-corrected chi connectivity index (χ2v) is 9.60. The molecule has 21 heavy (non-hydrogen) atoms. The average Bonchev–Trinajstić information content (AvgIpc) is 3.11. The molecular formula is C15H26N2O2S2. The molecule has 1 saturated heterocycles. The summed E-state index contributed by atoms with van der Waals surface area (Å²) in [7, 11) is -2.86. The van der Waals surface area contributed by atoms with E-state index < -0.39 is 9.84 Å². The fraction of sp³-hybridized carbons (Fsp3) is 0.933. The molecule has 120 valence electrons. The van der Waals surface area contributed by atoms with E-state index in [1.165, 1.54) is 25.7 Å². The van der Waals surface area contributed by atoms with Gasteiger partial charge < -0.3 is 10.2 Å². The minimum absolute atomic E-state index is 0.0774. The molecule has 2 saturated carbocycles. The zero-order valence-corrected chi connectivity index (χ0v) is 14.4. The van der Waals surface area contributed by atoms with Crippen LogP contribution in [0, 0.1) is 11.8 Å². The topological polar surface area (TPSA) is 49.4 Å². The first kappa shape index (κ1) is 15.5. The fourth-order valence-electron chi connectivity index (χ4n) is 4.38. The van der Waals surface area contributed by atoms with Gasteiger partial charge in [-0.25, -0.2) is 8.42 Å². The van der Waals surface area contributed by atoms with E-state index in [1.807, 2.05) is 0 Å². The molecule has 0 unspecified atom stereocenters. The summed E-state index contributed by atoms with van der Waals surface area (Å²) in [5.41, 5.74) is 0. The number of thiocarbonyl (C=S) groups is 1. The molecule has 3 aliphatic rings. The van der Waals surface area contributed by atoms with Crippen molar-refractivity contribution in [3.8, 4) is 0 Å². The molecular weight excluding hydrogens is 304 g/mol. The Kier molecular flexibility index (Phi) is 4.46. The number of hydrogen-bond acceptors (Lipinski definition) is 3. The van der Waals surface area contributed by atoms with Crippen molar-refractivity contribution in [3.63, 3.8) is 0 Å². The Hall–Kier alpha value is -0.360. The Balaban J connectivity index is 1.62. The molecule has 4 nitrogen and oxygen atoms in total. The second kappa shape index (κ2) is 6.03. The number of sulfone groups is 1. The molecule has 3 fully saturated rings. The van der Waals surface area contributed by atoms with Crippen LogP contribution in [0.3, 0.4) is 0 Å². The van der Waals surface area contributed by atoms with Crippen LogP contribution in [-0.2, 0) is 9.84 Å². The highest BCUT2D eigenvalue weighted by molar-refractivity contribution is 7.91. The lowest BCUT2D eigenvalue weighted by Gasteiger charge is -2.34. The maximum atomic E-state index is 11.7. The van der Waals surface area contributed by atoms with Gasteiger partial charge in [-0.05, 0) is 56.2 Å². The van der Waals surface area contributed by atoms with Crippen molar-refractivity contribution in [2.45, 2.75) is 57.5 Å². The van der Waals surface area contributed by atoms with Gasteiger partial charge in [0.15, 0.2) is 14.9 Å². The van der Waals surface area contributed by atoms with Gasteiger partial charge in [-0.2, -0.15) is 0 Å². The van der Waals surface area contributed by atoms with Crippen LogP contribution in [0.2, 0.25) is 0 Å². The SMILES string of the molecule is CCCN(C(=S)N[C@H]1C[C@H]2CC[C@H]1C2)[C@@H]1CCS(=O)(=O)C1. The smallest absolute Gasteiger partial charge is 0.169 e. The molecule has 0 aromatic carbocycles. The summed E-state index contributed by atoms with van der Waals surface area (Å²) in [6.07, 6.45) is 7.03. The molecule has 0 radical (unpaired) electrons. The summed E-state index contributed by atoms with van der Waals surface area (Å²) >= 11 is 5.62. The first-order valence-corrected chi connectivity index (χ1v) is 10.5. The van der Waals surface area contributed by atoms with Gasteiger partial charge in [0.25, 0.3) is 0 Å². The van der Waals surface area contributed by atoms with Gasteiger partial charge in [0.05, 0.1) is 11.5 Å². The van der Waals surface area contributed by atoms with Crippen molar-refractivity contribution in [2.24, 2.45) is 11.8 Å². The van der Waals surface area contributed by atoms with Crippen molar-refractivity contribution >= 4 is 27.2 Å². The molecule has 4 atom stereocenters. The molecule has 1 N–H and O–H groups in total. The van der Waals surface area contributed by atoms with Crippen LogP contribution in [-0.4, -0.2) is 48.6 Å². The Morgan fingerprint density at radius 2 is 2.10 bits per heavy atom. The Bertz CT molecular complexity index is 506. The summed E-state index contributed by atoms with van der Waals surface area (Å²) in [6.45, 7) is 2.98. The summed E-state index contributed by atoms with van der Waals surface area (Å²) in [4.78, 5) is 2.14. The standard InChI is InChI=1S/C15H26N2O2S2/c1-2-6-17(13-5-7-21(18,19)10-13)15(20)16-14-9-11-3-4-12(14)8-11/h11-14H,2-10H2,1H3,(H,16,20)/t11-,12-,13+,14-/m0/s1. The normalized spacial score (nSPS) is 36.8. The number of nitrogens with one attached hydrogen (secondary N) is 1. The van der Waals surface area contributed by atoms with E-state index in [4.69, 9.17) is 12.2 Å². The molecule has 6 heteroatoms. The first-order valence-electron chi connectivity index (χ1n) is 8.26. The third-order valence-electron chi connectivity index (χ3n) is 5.42. The molecule has 2 bridgehead atoms. The van der Waals surface area contributed by atoms with Crippen molar-refractivity contribution in [3.05, 3.63) is 0 Å². The fourth-order valence-corrected chi connectivity index (χ4v) is 6.50. The second-order valence-electron chi connectivity index (χ2n) is 6.98. The molecule has 2 aliphatic carbocycles. The van der Waals surface area contributed by atoms with Crippen LogP contribution in [0.4, 0.5) is 0 Å². The zero-order chi connectivity index (χ0) is 15.0. The summed E-state index contributed by atoms with van der Waals surface area (Å²) < 4.78 is 23.5. The van der Waals surface area contributed by atoms with Gasteiger partial charge in [0, 0.05) is 18.6 Å². The monoisotopic (exact) mass is 330 g/mol. The minimum atomic E-state index is -2.86. The van der Waals surface area contributed by atoms with E-state index in [2.05, 4.69) is 17.1 Å². The highest BCUT2D eigenvalue weighted by Crippen LogP contribution is 2.44. The lowest BCUT2D eigenvalue weighted by molar-refractivity contribution is 0.312. The zero-order valence-electron chi connectivity index (χ0n) is 12.8. The summed E-state index contributed by atoms with van der Waals surface area (Å²) in [5.74, 6) is 2.26. The van der Waals surface area contributed by atoms with Crippen LogP contribution in [0.1, 0.15) is 45.4 Å². The number of nitrogens with zero attached hydrogens (tertiary/aromatic N) is 1. The maximum absolute atomic E-state index is 11.7. The predicted molar refractivity (Wildman–Crippen MR) is 89.0 cm³/mol. The lowest BCUT2D eigenvalue weighted by atomic mass is 9.95. The molecule has 0 spiro atoms. The van der Waals surface area contributed by atoms with Crippen molar-refractivity contribution in [1.29, 1.82) is 0 Å². The van der Waals surface area contributed by atoms with Gasteiger partial charge in [-0.3, -0.25) is 0 Å². The molecule has 0 amide bonds. The van der Waals surface area contributed by atoms with E-state index in [0.29, 0.717) is 11.8 Å². The molecule has 3 rings (SSSR count). The summed E-state index contributed by atoms with van der Waals surface area (Å²) in [6, 6.07) is 0.599. The molecule has 1 heterocycles. The summed E-state index contributed by atoms with van der Waals surface area (Å²) in [5, 5.41) is 4.35. The van der Waals surface area contributed by atoms with Gasteiger partial charge in [-0.15, -0.1) is 0 Å². The quantitative estimate of drug-likeness (QED) is 0.799. The number of rotatable bonds is 4. The highest BCUT2D eigenvalue weighted by Gasteiger charge is 2.41. The van der Waals surface area contributed by atoms with E-state index in [9.17, 15) is 8.42 Å². The molecule has 1 aliphatic heterocycles. The maximum Gasteiger partial charge on any atom is 0.169 e. The number of fused-ring (bicyclic) bond motifs is 2. The number of hydrogen-bond donors (Lipinski definition) is 1. The Morgan fingerprint density at radius 1 is 1.29 bits per heavy atom. The third-order valence-corrected chi connectivity index (χ3v) is 7.52. The highest BCUT2D eigenvalue weighted by atomic mass is 32.2. The van der Waals surface area contributed by atoms with Gasteiger partial charge >= 0.3 is 0 Å². The van der Waals surface area contributed by atoms with Crippen LogP contribution in [0.15, 0.2) is 0 Å². The van der Waals surface area contributed by atoms with Crippen LogP contribution in [0.5, 0.6) is 0 Å². The predicted octanol–water partition coefficient (Wildman–Crippen LogP) is 1.95. The Labute approximate surface area is 133 Å². The minimum Gasteiger partial charge on any atom is -0.360 e. The van der Waals surface area contributed by atoms with Crippen LogP contribution in [0.25, 0.3) is 0 Å². The largest absolute Gasteiger partial charge is 0.360 e. The van der Waals surface area contributed by atoms with Gasteiger partial charge in [0.1, 0.15) is 0 Å². The third kappa shape index (κ3) is 3.36. The van der Waals surface area contributed by atoms with E-state index in [1.54, 1.807) is 0 Å². The average molecular weight is 331 g/mol. The lowest BCUT2D eigenvalue weighted by Crippen LogP contribution is -2.51. The van der Waals surface area contributed by atoms with Crippen LogP contribution >= 0.6 is 12.2 Å². The van der Waals surface area contributed by atoms with Crippen molar-refractivity contribution in [2.75, 3.05) is 18.1 Å². The van der Waals surface area contributed by atoms with Crippen LogP contribution < -0.4 is 5.32 Å². The Morgan fingerprint density at radius 3 is 2.62 bits per heavy atom. The van der Waals surface area contributed by atoms with E-state index in [0.717, 1.165) is 36.3 Å². The first-order chi connectivity index (χ1) is 9.98. The molecule has 0 aromatic heterocycles. The molecule has 0 aromatic rings. The van der Waals surface area contributed by atoms with Gasteiger partial charge in [-0.1, -0.05) is 13.3 Å². The van der Waals surface area contributed by atoms with E-state index >= 15 is 0 Å². The van der Waals surface area contributed by atoms with Crippen molar-refractivity contribution in [1.82, 2.24) is 10.2 Å².